The summed E-state index contributed by atoms with van der Waals surface area (Å²) in [6.45, 7) is 3.53. The Morgan fingerprint density at radius 2 is 1.68 bits per heavy atom. The lowest BCUT2D eigenvalue weighted by Gasteiger charge is -2.36. The van der Waals surface area contributed by atoms with E-state index in [0.717, 1.165) is 35.8 Å². The standard InChI is InChI=1S/C20H19F4N3.ClH/c21-16-4-5-19-14(10-16)11-17(25-19)13-26-6-8-27(9-7-26)18-3-1-2-15(12-18)20(22,23)24;/h1-5,10-12,25H,6-9,13H2;1H. The maximum Gasteiger partial charge on any atom is 0.416 e. The van der Waals surface area contributed by atoms with E-state index < -0.39 is 11.7 Å². The summed E-state index contributed by atoms with van der Waals surface area (Å²) in [4.78, 5) is 7.51. The van der Waals surface area contributed by atoms with Crippen molar-refractivity contribution < 1.29 is 17.6 Å². The number of H-pyrrole nitrogens is 1. The van der Waals surface area contributed by atoms with Crippen LogP contribution in [0.15, 0.2) is 48.5 Å². The predicted octanol–water partition coefficient (Wildman–Crippen LogP) is 5.07. The van der Waals surface area contributed by atoms with Crippen molar-refractivity contribution in [1.82, 2.24) is 9.88 Å². The van der Waals surface area contributed by atoms with Crippen LogP contribution in [0, 0.1) is 5.82 Å². The Labute approximate surface area is 166 Å². The Morgan fingerprint density at radius 3 is 2.39 bits per heavy atom. The molecule has 1 saturated heterocycles. The third-order valence-corrected chi connectivity index (χ3v) is 4.94. The summed E-state index contributed by atoms with van der Waals surface area (Å²) in [5.74, 6) is -0.261. The number of alkyl halides is 3. The van der Waals surface area contributed by atoms with Crippen LogP contribution >= 0.6 is 12.4 Å². The van der Waals surface area contributed by atoms with Crippen LogP contribution < -0.4 is 4.90 Å². The van der Waals surface area contributed by atoms with Crippen molar-refractivity contribution in [3.8, 4) is 0 Å². The minimum Gasteiger partial charge on any atom is -0.369 e. The van der Waals surface area contributed by atoms with E-state index in [9.17, 15) is 17.6 Å². The fourth-order valence-corrected chi connectivity index (χ4v) is 3.53. The van der Waals surface area contributed by atoms with Gasteiger partial charge in [0.25, 0.3) is 0 Å². The molecule has 4 rings (SSSR count). The van der Waals surface area contributed by atoms with E-state index in [2.05, 4.69) is 9.88 Å². The van der Waals surface area contributed by atoms with Crippen LogP contribution in [0.2, 0.25) is 0 Å². The minimum atomic E-state index is -4.33. The van der Waals surface area contributed by atoms with Gasteiger partial charge in [0, 0.05) is 55.0 Å². The molecule has 0 bridgehead atoms. The molecular weight excluding hydrogens is 394 g/mol. The highest BCUT2D eigenvalue weighted by Gasteiger charge is 2.31. The zero-order chi connectivity index (χ0) is 19.0. The number of hydrogen-bond acceptors (Lipinski definition) is 2. The number of aromatic amines is 1. The van der Waals surface area contributed by atoms with Crippen molar-refractivity contribution in [3.05, 3.63) is 65.6 Å². The molecule has 0 radical (unpaired) electrons. The molecule has 0 atom stereocenters. The minimum absolute atomic E-state index is 0. The number of nitrogens with one attached hydrogen (secondary N) is 1. The summed E-state index contributed by atoms with van der Waals surface area (Å²) in [7, 11) is 0. The lowest BCUT2D eigenvalue weighted by Crippen LogP contribution is -2.46. The van der Waals surface area contributed by atoms with E-state index in [1.54, 1.807) is 12.1 Å². The van der Waals surface area contributed by atoms with Gasteiger partial charge in [0.15, 0.2) is 0 Å². The molecule has 0 saturated carbocycles. The molecule has 0 spiro atoms. The van der Waals surface area contributed by atoms with Crippen LogP contribution in [0.25, 0.3) is 10.9 Å². The summed E-state index contributed by atoms with van der Waals surface area (Å²) in [6.07, 6.45) is -4.33. The maximum atomic E-state index is 13.3. The molecule has 3 aromatic rings. The Bertz CT molecular complexity index is 946. The van der Waals surface area contributed by atoms with E-state index in [-0.39, 0.29) is 18.2 Å². The molecular formula is C20H20ClF4N3. The number of halogens is 5. The normalized spacial score (nSPS) is 15.6. The summed E-state index contributed by atoms with van der Waals surface area (Å²) in [6, 6.07) is 12.1. The number of nitrogens with zero attached hydrogens (tertiary/aromatic N) is 2. The van der Waals surface area contributed by atoms with Crippen molar-refractivity contribution in [1.29, 1.82) is 0 Å². The summed E-state index contributed by atoms with van der Waals surface area (Å²) in [5, 5.41) is 0.840. The first kappa shape index (κ1) is 20.5. The average Bonchev–Trinajstić information content (AvgIpc) is 3.03. The van der Waals surface area contributed by atoms with Gasteiger partial charge in [0.1, 0.15) is 5.82 Å². The monoisotopic (exact) mass is 413 g/mol. The van der Waals surface area contributed by atoms with E-state index in [1.807, 2.05) is 11.0 Å². The van der Waals surface area contributed by atoms with Crippen LogP contribution in [0.3, 0.4) is 0 Å². The van der Waals surface area contributed by atoms with Gasteiger partial charge in [-0.05, 0) is 42.5 Å². The van der Waals surface area contributed by atoms with Crippen molar-refractivity contribution in [2.75, 3.05) is 31.1 Å². The molecule has 150 valence electrons. The molecule has 2 aromatic carbocycles. The average molecular weight is 414 g/mol. The molecule has 1 N–H and O–H groups in total. The molecule has 1 fully saturated rings. The van der Waals surface area contributed by atoms with Crippen molar-refractivity contribution in [2.45, 2.75) is 12.7 Å². The predicted molar refractivity (Wildman–Crippen MR) is 104 cm³/mol. The van der Waals surface area contributed by atoms with E-state index in [0.29, 0.717) is 25.3 Å². The van der Waals surface area contributed by atoms with E-state index in [4.69, 9.17) is 0 Å². The van der Waals surface area contributed by atoms with Crippen molar-refractivity contribution in [3.63, 3.8) is 0 Å². The second-order valence-corrected chi connectivity index (χ2v) is 6.84. The zero-order valence-electron chi connectivity index (χ0n) is 15.0. The largest absolute Gasteiger partial charge is 0.416 e. The van der Waals surface area contributed by atoms with Gasteiger partial charge in [0.2, 0.25) is 0 Å². The number of fused-ring (bicyclic) bond motifs is 1. The Kier molecular flexibility index (Phi) is 5.86. The summed E-state index contributed by atoms with van der Waals surface area (Å²) < 4.78 is 52.0. The molecule has 2 heterocycles. The topological polar surface area (TPSA) is 22.3 Å². The van der Waals surface area contributed by atoms with Crippen molar-refractivity contribution >= 4 is 29.0 Å². The molecule has 28 heavy (non-hydrogen) atoms. The van der Waals surface area contributed by atoms with E-state index >= 15 is 0 Å². The lowest BCUT2D eigenvalue weighted by atomic mass is 10.1. The zero-order valence-corrected chi connectivity index (χ0v) is 15.8. The van der Waals surface area contributed by atoms with Crippen LogP contribution in [-0.4, -0.2) is 36.1 Å². The van der Waals surface area contributed by atoms with Gasteiger partial charge < -0.3 is 9.88 Å². The van der Waals surface area contributed by atoms with Gasteiger partial charge in [-0.2, -0.15) is 13.2 Å². The fraction of sp³-hybridized carbons (Fsp3) is 0.300. The van der Waals surface area contributed by atoms with Gasteiger partial charge in [-0.15, -0.1) is 12.4 Å². The van der Waals surface area contributed by atoms with Gasteiger partial charge >= 0.3 is 6.18 Å². The molecule has 1 aliphatic heterocycles. The quantitative estimate of drug-likeness (QED) is 0.606. The van der Waals surface area contributed by atoms with Crippen LogP contribution in [-0.2, 0) is 12.7 Å². The third-order valence-electron chi connectivity index (χ3n) is 4.94. The second-order valence-electron chi connectivity index (χ2n) is 6.84. The highest BCUT2D eigenvalue weighted by molar-refractivity contribution is 5.85. The number of piperazine rings is 1. The Balaban J connectivity index is 0.00000225. The van der Waals surface area contributed by atoms with Gasteiger partial charge in [-0.25, -0.2) is 4.39 Å². The molecule has 3 nitrogen and oxygen atoms in total. The highest BCUT2D eigenvalue weighted by Crippen LogP contribution is 2.32. The second kappa shape index (κ2) is 8.01. The highest BCUT2D eigenvalue weighted by atomic mass is 35.5. The maximum absolute atomic E-state index is 13.3. The molecule has 0 aliphatic carbocycles. The van der Waals surface area contributed by atoms with Gasteiger partial charge in [-0.3, -0.25) is 4.90 Å². The third kappa shape index (κ3) is 4.42. The Hall–Kier alpha value is -2.25. The first-order chi connectivity index (χ1) is 12.9. The molecule has 8 heteroatoms. The van der Waals surface area contributed by atoms with Crippen LogP contribution in [0.5, 0.6) is 0 Å². The van der Waals surface area contributed by atoms with Gasteiger partial charge in [-0.1, -0.05) is 6.07 Å². The number of anilines is 1. The molecule has 0 unspecified atom stereocenters. The summed E-state index contributed by atoms with van der Waals surface area (Å²) >= 11 is 0. The first-order valence-corrected chi connectivity index (χ1v) is 8.80. The number of rotatable bonds is 3. The van der Waals surface area contributed by atoms with Crippen LogP contribution in [0.4, 0.5) is 23.2 Å². The smallest absolute Gasteiger partial charge is 0.369 e. The number of hydrogen-bond donors (Lipinski definition) is 1. The number of aromatic nitrogens is 1. The first-order valence-electron chi connectivity index (χ1n) is 8.80. The molecule has 0 amide bonds. The fourth-order valence-electron chi connectivity index (χ4n) is 3.53. The SMILES string of the molecule is Cl.Fc1ccc2[nH]c(CN3CCN(c4cccc(C(F)(F)F)c4)CC3)cc2c1. The molecule has 1 aliphatic rings. The summed E-state index contributed by atoms with van der Waals surface area (Å²) in [5.41, 5.74) is 1.88. The van der Waals surface area contributed by atoms with Gasteiger partial charge in [0.05, 0.1) is 5.56 Å². The Morgan fingerprint density at radius 1 is 0.929 bits per heavy atom. The van der Waals surface area contributed by atoms with E-state index in [1.165, 1.54) is 24.3 Å². The van der Waals surface area contributed by atoms with Crippen LogP contribution in [0.1, 0.15) is 11.3 Å². The van der Waals surface area contributed by atoms with Crippen molar-refractivity contribution in [2.24, 2.45) is 0 Å². The molecule has 1 aromatic heterocycles. The lowest BCUT2D eigenvalue weighted by molar-refractivity contribution is -0.137. The number of benzene rings is 2.